The maximum absolute atomic E-state index is 11.1. The van der Waals surface area contributed by atoms with E-state index < -0.39 is 11.9 Å². The molecule has 1 atom stereocenters. The zero-order valence-electron chi connectivity index (χ0n) is 8.69. The Morgan fingerprint density at radius 2 is 2.47 bits per heavy atom. The molecule has 0 unspecified atom stereocenters. The smallest absolute Gasteiger partial charge is 0.240 e. The van der Waals surface area contributed by atoms with Crippen molar-refractivity contribution < 1.29 is 9.53 Å². The summed E-state index contributed by atoms with van der Waals surface area (Å²) in [5, 5.41) is 3.53. The number of methoxy groups -OCH3 is 1. The molecule has 0 bridgehead atoms. The van der Waals surface area contributed by atoms with Crippen molar-refractivity contribution >= 4 is 22.6 Å². The Morgan fingerprint density at radius 1 is 1.73 bits per heavy atom. The minimum atomic E-state index is -0.461. The molecule has 15 heavy (non-hydrogen) atoms. The molecule has 6 nitrogen and oxygen atoms in total. The highest BCUT2D eigenvalue weighted by Crippen LogP contribution is 2.12. The summed E-state index contributed by atoms with van der Waals surface area (Å²) in [7, 11) is 1.58. The number of nitrogens with two attached hydrogens (primary N) is 1. The topological polar surface area (TPSA) is 90.1 Å². The van der Waals surface area contributed by atoms with Crippen LogP contribution < -0.4 is 11.1 Å². The van der Waals surface area contributed by atoms with Crippen LogP contribution in [-0.2, 0) is 9.53 Å². The molecule has 3 N–H and O–H groups in total. The van der Waals surface area contributed by atoms with Gasteiger partial charge in [0.2, 0.25) is 11.0 Å². The Labute approximate surface area is 92.0 Å². The van der Waals surface area contributed by atoms with E-state index in [2.05, 4.69) is 14.7 Å². The van der Waals surface area contributed by atoms with Gasteiger partial charge in [0.15, 0.2) is 0 Å². The third-order valence-corrected chi connectivity index (χ3v) is 2.52. The van der Waals surface area contributed by atoms with Crippen molar-refractivity contribution in [2.24, 2.45) is 5.73 Å². The number of hydrogen-bond donors (Lipinski definition) is 2. The lowest BCUT2D eigenvalue weighted by Crippen LogP contribution is -2.36. The van der Waals surface area contributed by atoms with Crippen molar-refractivity contribution in [2.45, 2.75) is 19.4 Å². The van der Waals surface area contributed by atoms with Crippen molar-refractivity contribution in [3.05, 3.63) is 5.82 Å². The predicted octanol–water partition coefficient (Wildman–Crippen LogP) is 0.149. The molecule has 0 aromatic carbocycles. The molecule has 0 aliphatic heterocycles. The highest BCUT2D eigenvalue weighted by molar-refractivity contribution is 7.09. The van der Waals surface area contributed by atoms with Crippen LogP contribution in [0.15, 0.2) is 0 Å². The van der Waals surface area contributed by atoms with Gasteiger partial charge in [-0.3, -0.25) is 4.79 Å². The number of aromatic nitrogens is 2. The molecule has 1 amide bonds. The number of nitrogens with zero attached hydrogens (tertiary/aromatic N) is 2. The lowest BCUT2D eigenvalue weighted by Gasteiger charge is -2.13. The van der Waals surface area contributed by atoms with Gasteiger partial charge in [-0.15, -0.1) is 0 Å². The largest absolute Gasteiger partial charge is 0.385 e. The monoisotopic (exact) mass is 230 g/mol. The van der Waals surface area contributed by atoms with Crippen molar-refractivity contribution in [1.82, 2.24) is 9.36 Å². The fourth-order valence-electron chi connectivity index (χ4n) is 1.03. The van der Waals surface area contributed by atoms with Gasteiger partial charge in [-0.25, -0.2) is 4.98 Å². The first-order chi connectivity index (χ1) is 7.13. The van der Waals surface area contributed by atoms with Crippen molar-refractivity contribution in [3.8, 4) is 0 Å². The van der Waals surface area contributed by atoms with E-state index in [0.717, 1.165) is 0 Å². The summed E-state index contributed by atoms with van der Waals surface area (Å²) in [6.07, 6.45) is 0.518. The van der Waals surface area contributed by atoms with Crippen LogP contribution in [0.4, 0.5) is 5.13 Å². The number of primary amides is 1. The molecule has 1 heterocycles. The zero-order chi connectivity index (χ0) is 11.3. The summed E-state index contributed by atoms with van der Waals surface area (Å²) < 4.78 is 8.88. The molecule has 1 rings (SSSR count). The van der Waals surface area contributed by atoms with E-state index in [0.29, 0.717) is 24.0 Å². The van der Waals surface area contributed by atoms with Gasteiger partial charge in [-0.2, -0.15) is 4.37 Å². The maximum Gasteiger partial charge on any atom is 0.240 e. The Kier molecular flexibility index (Phi) is 4.44. The van der Waals surface area contributed by atoms with Crippen LogP contribution in [0.25, 0.3) is 0 Å². The SMILES string of the molecule is COCC[C@H](Nc1nc(C)ns1)C(N)=O. The van der Waals surface area contributed by atoms with Gasteiger partial charge in [0.05, 0.1) is 0 Å². The second-order valence-electron chi connectivity index (χ2n) is 3.03. The number of amides is 1. The normalized spacial score (nSPS) is 12.4. The summed E-state index contributed by atoms with van der Waals surface area (Å²) in [4.78, 5) is 15.2. The standard InChI is InChI=1S/C8H14N4O2S/c1-5-10-8(15-12-5)11-6(7(9)13)3-4-14-2/h6H,3-4H2,1-2H3,(H2,9,13)(H,10,11,12)/t6-/m0/s1. The van der Waals surface area contributed by atoms with Crippen LogP contribution in [0.2, 0.25) is 0 Å². The molecule has 1 aromatic rings. The highest BCUT2D eigenvalue weighted by atomic mass is 32.1. The van der Waals surface area contributed by atoms with Crippen LogP contribution in [0.3, 0.4) is 0 Å². The first kappa shape index (κ1) is 11.9. The fraction of sp³-hybridized carbons (Fsp3) is 0.625. The maximum atomic E-state index is 11.1. The van der Waals surface area contributed by atoms with Crippen molar-refractivity contribution in [3.63, 3.8) is 0 Å². The van der Waals surface area contributed by atoms with Crippen LogP contribution in [0, 0.1) is 6.92 Å². The van der Waals surface area contributed by atoms with Crippen molar-refractivity contribution in [1.29, 1.82) is 0 Å². The zero-order valence-corrected chi connectivity index (χ0v) is 9.50. The van der Waals surface area contributed by atoms with Gasteiger partial charge in [-0.1, -0.05) is 0 Å². The number of carbonyl (C=O) groups is 1. The molecular weight excluding hydrogens is 216 g/mol. The molecule has 0 aliphatic rings. The molecular formula is C8H14N4O2S. The van der Waals surface area contributed by atoms with Gasteiger partial charge in [0, 0.05) is 25.2 Å². The number of rotatable bonds is 6. The molecule has 0 aliphatic carbocycles. The van der Waals surface area contributed by atoms with Crippen molar-refractivity contribution in [2.75, 3.05) is 19.0 Å². The average Bonchev–Trinajstić information content (AvgIpc) is 2.58. The third-order valence-electron chi connectivity index (χ3n) is 1.78. The first-order valence-electron chi connectivity index (χ1n) is 4.48. The first-order valence-corrected chi connectivity index (χ1v) is 5.26. The number of ether oxygens (including phenoxy) is 1. The number of anilines is 1. The van der Waals surface area contributed by atoms with E-state index in [4.69, 9.17) is 10.5 Å². The second kappa shape index (κ2) is 5.62. The predicted molar refractivity (Wildman–Crippen MR) is 57.7 cm³/mol. The summed E-state index contributed by atoms with van der Waals surface area (Å²) in [5.41, 5.74) is 5.23. The molecule has 0 spiro atoms. The minimum Gasteiger partial charge on any atom is -0.385 e. The fourth-order valence-corrected chi connectivity index (χ4v) is 1.65. The van der Waals surface area contributed by atoms with Gasteiger partial charge < -0.3 is 15.8 Å². The third kappa shape index (κ3) is 3.80. The van der Waals surface area contributed by atoms with E-state index in [9.17, 15) is 4.79 Å². The average molecular weight is 230 g/mol. The quantitative estimate of drug-likeness (QED) is 0.726. The molecule has 0 saturated heterocycles. The van der Waals surface area contributed by atoms with E-state index in [1.165, 1.54) is 11.5 Å². The summed E-state index contributed by atoms with van der Waals surface area (Å²) in [5.74, 6) is 0.261. The van der Waals surface area contributed by atoms with Gasteiger partial charge >= 0.3 is 0 Å². The van der Waals surface area contributed by atoms with E-state index in [1.807, 2.05) is 0 Å². The Hall–Kier alpha value is -1.21. The Morgan fingerprint density at radius 3 is 2.93 bits per heavy atom. The lowest BCUT2D eigenvalue weighted by molar-refractivity contribution is -0.119. The minimum absolute atomic E-state index is 0.417. The van der Waals surface area contributed by atoms with Gasteiger partial charge in [0.25, 0.3) is 0 Å². The highest BCUT2D eigenvalue weighted by Gasteiger charge is 2.16. The molecule has 1 aromatic heterocycles. The van der Waals surface area contributed by atoms with Gasteiger partial charge in [-0.05, 0) is 13.3 Å². The lowest BCUT2D eigenvalue weighted by atomic mass is 10.2. The number of hydrogen-bond acceptors (Lipinski definition) is 6. The van der Waals surface area contributed by atoms with Crippen LogP contribution in [0.5, 0.6) is 0 Å². The van der Waals surface area contributed by atoms with E-state index >= 15 is 0 Å². The number of nitrogens with one attached hydrogen (secondary N) is 1. The molecule has 0 saturated carbocycles. The molecule has 0 fully saturated rings. The van der Waals surface area contributed by atoms with Crippen LogP contribution >= 0.6 is 11.5 Å². The summed E-state index contributed by atoms with van der Waals surface area (Å²) in [6, 6.07) is -0.461. The number of aryl methyl sites for hydroxylation is 1. The van der Waals surface area contributed by atoms with E-state index in [1.54, 1.807) is 14.0 Å². The molecule has 7 heteroatoms. The van der Waals surface area contributed by atoms with Crippen LogP contribution in [0.1, 0.15) is 12.2 Å². The summed E-state index contributed by atoms with van der Waals surface area (Å²) >= 11 is 1.21. The van der Waals surface area contributed by atoms with Gasteiger partial charge in [0.1, 0.15) is 11.9 Å². The van der Waals surface area contributed by atoms with E-state index in [-0.39, 0.29) is 0 Å². The van der Waals surface area contributed by atoms with Crippen LogP contribution in [-0.4, -0.2) is 35.0 Å². The Balaban J connectivity index is 2.54. The molecule has 84 valence electrons. The second-order valence-corrected chi connectivity index (χ2v) is 3.78. The number of carbonyl (C=O) groups excluding carboxylic acids is 1. The molecule has 0 radical (unpaired) electrons. The summed E-state index contributed by atoms with van der Waals surface area (Å²) in [6.45, 7) is 2.26. The Bertz CT molecular complexity index is 328.